The maximum Gasteiger partial charge on any atom is 0.249 e. The van der Waals surface area contributed by atoms with E-state index in [1.807, 2.05) is 84.9 Å². The summed E-state index contributed by atoms with van der Waals surface area (Å²) in [5, 5.41) is 18.9. The molecule has 0 atom stereocenters. The summed E-state index contributed by atoms with van der Waals surface area (Å²) in [4.78, 5) is 8.95. The van der Waals surface area contributed by atoms with Crippen LogP contribution in [-0.2, 0) is 0 Å². The third-order valence-electron chi connectivity index (χ3n) is 5.88. The molecule has 0 saturated heterocycles. The lowest BCUT2D eigenvalue weighted by Gasteiger charge is -2.00. The first-order valence-electron chi connectivity index (χ1n) is 11.3. The van der Waals surface area contributed by atoms with Gasteiger partial charge >= 0.3 is 0 Å². The zero-order valence-electron chi connectivity index (χ0n) is 18.7. The molecule has 0 saturated carbocycles. The predicted octanol–water partition coefficient (Wildman–Crippen LogP) is 6.22. The fraction of sp³-hybridized carbons (Fsp3) is 0. The van der Waals surface area contributed by atoms with Crippen molar-refractivity contribution in [1.29, 1.82) is 0 Å². The predicted molar refractivity (Wildman–Crippen MR) is 134 cm³/mol. The smallest absolute Gasteiger partial charge is 0.249 e. The van der Waals surface area contributed by atoms with Crippen LogP contribution in [0, 0.1) is 0 Å². The van der Waals surface area contributed by atoms with Crippen molar-refractivity contribution in [3.63, 3.8) is 0 Å². The van der Waals surface area contributed by atoms with Gasteiger partial charge in [0.25, 0.3) is 0 Å². The Balaban J connectivity index is 1.19. The number of rotatable bonds is 4. The van der Waals surface area contributed by atoms with E-state index < -0.39 is 0 Å². The van der Waals surface area contributed by atoms with E-state index in [1.54, 1.807) is 12.4 Å². The average Bonchev–Trinajstić information content (AvgIpc) is 3.64. The summed E-state index contributed by atoms with van der Waals surface area (Å²) in [6.45, 7) is 0. The zero-order valence-corrected chi connectivity index (χ0v) is 18.7. The van der Waals surface area contributed by atoms with Crippen LogP contribution in [0.25, 0.3) is 67.6 Å². The van der Waals surface area contributed by atoms with Crippen LogP contribution in [0.3, 0.4) is 0 Å². The monoisotopic (exact) mass is 468 g/mol. The number of nitrogens with zero attached hydrogens (tertiary/aromatic N) is 6. The lowest BCUT2D eigenvalue weighted by Crippen LogP contribution is -1.82. The van der Waals surface area contributed by atoms with Gasteiger partial charge in [0.05, 0.1) is 22.2 Å². The molecule has 0 amide bonds. The minimum Gasteiger partial charge on any atom is -0.416 e. The highest BCUT2D eigenvalue weighted by molar-refractivity contribution is 5.83. The van der Waals surface area contributed by atoms with E-state index in [0.29, 0.717) is 23.6 Å². The number of aromatic nitrogens is 6. The Labute approximate surface area is 204 Å². The summed E-state index contributed by atoms with van der Waals surface area (Å²) in [7, 11) is 0. The first kappa shape index (κ1) is 20.2. The van der Waals surface area contributed by atoms with Crippen LogP contribution in [0.2, 0.25) is 0 Å². The molecule has 4 aromatic heterocycles. The molecule has 7 rings (SSSR count). The van der Waals surface area contributed by atoms with Crippen molar-refractivity contribution < 1.29 is 8.83 Å². The number of pyridine rings is 2. The molecule has 0 spiro atoms. The summed E-state index contributed by atoms with van der Waals surface area (Å²) in [6.07, 6.45) is 3.47. The maximum atomic E-state index is 5.97. The number of para-hydroxylation sites is 2. The summed E-state index contributed by atoms with van der Waals surface area (Å²) < 4.78 is 11.9. The molecule has 0 N–H and O–H groups in total. The van der Waals surface area contributed by atoms with Crippen molar-refractivity contribution in [2.45, 2.75) is 0 Å². The van der Waals surface area contributed by atoms with Gasteiger partial charge in [-0.05, 0) is 42.5 Å². The summed E-state index contributed by atoms with van der Waals surface area (Å²) in [5.41, 5.74) is 4.82. The van der Waals surface area contributed by atoms with Gasteiger partial charge in [0.1, 0.15) is 0 Å². The van der Waals surface area contributed by atoms with Crippen LogP contribution in [0.15, 0.2) is 106 Å². The van der Waals surface area contributed by atoms with E-state index in [4.69, 9.17) is 8.83 Å². The van der Waals surface area contributed by atoms with Crippen LogP contribution < -0.4 is 0 Å². The Morgan fingerprint density at radius 3 is 1.36 bits per heavy atom. The minimum absolute atomic E-state index is 0.387. The molecular formula is C28H16N6O2. The number of hydrogen-bond donors (Lipinski definition) is 0. The molecule has 3 aromatic carbocycles. The van der Waals surface area contributed by atoms with Crippen molar-refractivity contribution in [1.82, 2.24) is 30.4 Å². The first-order chi connectivity index (χ1) is 17.8. The van der Waals surface area contributed by atoms with E-state index >= 15 is 0 Å². The van der Waals surface area contributed by atoms with Gasteiger partial charge in [-0.2, -0.15) is 0 Å². The van der Waals surface area contributed by atoms with Gasteiger partial charge in [0, 0.05) is 34.3 Å². The fourth-order valence-electron chi connectivity index (χ4n) is 4.07. The van der Waals surface area contributed by atoms with Crippen molar-refractivity contribution in [2.24, 2.45) is 0 Å². The lowest BCUT2D eigenvalue weighted by atomic mass is 10.1. The van der Waals surface area contributed by atoms with Crippen LogP contribution in [0.1, 0.15) is 0 Å². The Morgan fingerprint density at radius 2 is 0.861 bits per heavy atom. The quantitative estimate of drug-likeness (QED) is 0.300. The van der Waals surface area contributed by atoms with Crippen molar-refractivity contribution in [3.05, 3.63) is 97.3 Å². The molecule has 8 nitrogen and oxygen atoms in total. The van der Waals surface area contributed by atoms with Crippen molar-refractivity contribution >= 4 is 21.8 Å². The summed E-state index contributed by atoms with van der Waals surface area (Å²) >= 11 is 0. The maximum absolute atomic E-state index is 5.97. The average molecular weight is 468 g/mol. The van der Waals surface area contributed by atoms with Crippen LogP contribution in [0.4, 0.5) is 0 Å². The fourth-order valence-corrected chi connectivity index (χ4v) is 4.07. The molecule has 0 fully saturated rings. The van der Waals surface area contributed by atoms with Gasteiger partial charge in [-0.3, -0.25) is 9.97 Å². The molecule has 7 aromatic rings. The summed E-state index contributed by atoms with van der Waals surface area (Å²) in [5.74, 6) is 1.58. The Bertz CT molecular complexity index is 1740. The second-order valence-corrected chi connectivity index (χ2v) is 8.24. The molecule has 0 radical (unpaired) electrons. The third kappa shape index (κ3) is 3.57. The number of benzene rings is 3. The molecule has 0 aliphatic rings. The van der Waals surface area contributed by atoms with E-state index in [0.717, 1.165) is 44.1 Å². The highest BCUT2D eigenvalue weighted by Crippen LogP contribution is 2.30. The molecule has 170 valence electrons. The van der Waals surface area contributed by atoms with Crippen LogP contribution >= 0.6 is 0 Å². The van der Waals surface area contributed by atoms with E-state index in [9.17, 15) is 0 Å². The van der Waals surface area contributed by atoms with Gasteiger partial charge in [-0.15, -0.1) is 20.4 Å². The van der Waals surface area contributed by atoms with E-state index in [1.165, 1.54) is 0 Å². The number of hydrogen-bond acceptors (Lipinski definition) is 8. The van der Waals surface area contributed by atoms with E-state index in [2.05, 4.69) is 30.4 Å². The second-order valence-electron chi connectivity index (χ2n) is 8.24. The first-order valence-corrected chi connectivity index (χ1v) is 11.3. The van der Waals surface area contributed by atoms with Crippen molar-refractivity contribution in [3.8, 4) is 45.8 Å². The molecule has 0 bridgehead atoms. The van der Waals surface area contributed by atoms with Crippen LogP contribution in [-0.4, -0.2) is 30.4 Å². The minimum atomic E-state index is 0.387. The molecule has 4 heterocycles. The number of fused-ring (bicyclic) bond motifs is 2. The van der Waals surface area contributed by atoms with Gasteiger partial charge in [-0.1, -0.05) is 42.5 Å². The molecular weight excluding hydrogens is 452 g/mol. The summed E-state index contributed by atoms with van der Waals surface area (Å²) in [6, 6.07) is 27.3. The second kappa shape index (κ2) is 8.21. The Morgan fingerprint density at radius 1 is 0.417 bits per heavy atom. The standard InChI is InChI=1S/C28H16N6O2/c1-3-10-23-17(6-1)12-21(15-29-23)27-33-31-25(35-27)19-8-5-9-20(14-19)26-32-34-28(36-26)22-13-18-7-2-4-11-24(18)30-16-22/h1-16H. The lowest BCUT2D eigenvalue weighted by molar-refractivity contribution is 0.582. The zero-order chi connectivity index (χ0) is 23.9. The largest absolute Gasteiger partial charge is 0.416 e. The highest BCUT2D eigenvalue weighted by atomic mass is 16.4. The Hall–Kier alpha value is -5.24. The highest BCUT2D eigenvalue weighted by Gasteiger charge is 2.15. The molecule has 8 heteroatoms. The molecule has 36 heavy (non-hydrogen) atoms. The van der Waals surface area contributed by atoms with Crippen LogP contribution in [0.5, 0.6) is 0 Å². The Kier molecular flexibility index (Phi) is 4.60. The topological polar surface area (TPSA) is 104 Å². The van der Waals surface area contributed by atoms with Crippen molar-refractivity contribution in [2.75, 3.05) is 0 Å². The SMILES string of the molecule is c1cc(-c2nnc(-c3cnc4ccccc4c3)o2)cc(-c2nnc(-c3cnc4ccccc4c3)o2)c1. The normalized spacial score (nSPS) is 11.3. The molecule has 0 aliphatic carbocycles. The van der Waals surface area contributed by atoms with Gasteiger partial charge in [0.15, 0.2) is 0 Å². The third-order valence-corrected chi connectivity index (χ3v) is 5.88. The van der Waals surface area contributed by atoms with Gasteiger partial charge in [0.2, 0.25) is 23.6 Å². The van der Waals surface area contributed by atoms with Gasteiger partial charge in [-0.25, -0.2) is 0 Å². The molecule has 0 unspecified atom stereocenters. The van der Waals surface area contributed by atoms with Gasteiger partial charge < -0.3 is 8.83 Å². The van der Waals surface area contributed by atoms with E-state index in [-0.39, 0.29) is 0 Å². The molecule has 0 aliphatic heterocycles.